The zero-order chi connectivity index (χ0) is 12.3. The fourth-order valence-electron chi connectivity index (χ4n) is 0.820. The van der Waals surface area contributed by atoms with Crippen LogP contribution in [-0.4, -0.2) is 31.6 Å². The van der Waals surface area contributed by atoms with Crippen LogP contribution >= 0.6 is 0 Å². The van der Waals surface area contributed by atoms with Crippen LogP contribution in [0.25, 0.3) is 0 Å². The molecule has 2 amide bonds. The molecule has 0 spiro atoms. The first kappa shape index (κ1) is 13.7. The van der Waals surface area contributed by atoms with Crippen molar-refractivity contribution in [2.24, 2.45) is 5.41 Å². The van der Waals surface area contributed by atoms with Gasteiger partial charge in [-0.15, -0.1) is 0 Å². The summed E-state index contributed by atoms with van der Waals surface area (Å²) in [4.78, 5) is 21.6. The molecule has 88 valence electrons. The summed E-state index contributed by atoms with van der Waals surface area (Å²) in [6.07, 6.45) is -4.92. The Kier molecular flexibility index (Phi) is 4.12. The Balaban J connectivity index is 4.28. The second-order valence-corrected chi connectivity index (χ2v) is 3.64. The van der Waals surface area contributed by atoms with Crippen LogP contribution in [0.15, 0.2) is 0 Å². The highest BCUT2D eigenvalue weighted by atomic mass is 19.4. The van der Waals surface area contributed by atoms with Gasteiger partial charge in [0.15, 0.2) is 0 Å². The average Bonchev–Trinajstić information content (AvgIpc) is 2.11. The summed E-state index contributed by atoms with van der Waals surface area (Å²) in [5.41, 5.74) is -1.07. The number of carbonyl (C=O) groups excluding carboxylic acids is 2. The molecule has 0 unspecified atom stereocenters. The standard InChI is InChI=1S/C8H13F3N2O2/c1-7(2,5(14)12-3)4-13-6(15)8(9,10)11/h4H2,1-3H3,(H,12,14)(H,13,15). The van der Waals surface area contributed by atoms with E-state index in [0.29, 0.717) is 0 Å². The van der Waals surface area contributed by atoms with Crippen molar-refractivity contribution in [1.82, 2.24) is 10.6 Å². The van der Waals surface area contributed by atoms with Crippen molar-refractivity contribution in [3.05, 3.63) is 0 Å². The van der Waals surface area contributed by atoms with Gasteiger partial charge in [0.05, 0.1) is 5.41 Å². The molecule has 0 aromatic carbocycles. The maximum atomic E-state index is 11.8. The van der Waals surface area contributed by atoms with E-state index in [2.05, 4.69) is 5.32 Å². The summed E-state index contributed by atoms with van der Waals surface area (Å²) in [6.45, 7) is 2.50. The molecule has 0 heterocycles. The molecule has 0 aromatic heterocycles. The fraction of sp³-hybridized carbons (Fsp3) is 0.750. The molecule has 0 aromatic rings. The summed E-state index contributed by atoms with van der Waals surface area (Å²) in [7, 11) is 1.37. The number of hydrogen-bond acceptors (Lipinski definition) is 2. The molecule has 0 aliphatic carbocycles. The van der Waals surface area contributed by atoms with E-state index in [-0.39, 0.29) is 6.54 Å². The summed E-state index contributed by atoms with van der Waals surface area (Å²) in [6, 6.07) is 0. The predicted octanol–water partition coefficient (Wildman–Crippen LogP) is 0.437. The molecule has 0 aliphatic heterocycles. The molecule has 0 saturated carbocycles. The van der Waals surface area contributed by atoms with Gasteiger partial charge in [0.1, 0.15) is 0 Å². The third kappa shape index (κ3) is 4.18. The monoisotopic (exact) mass is 226 g/mol. The van der Waals surface area contributed by atoms with E-state index in [9.17, 15) is 22.8 Å². The van der Waals surface area contributed by atoms with Crippen LogP contribution in [0.3, 0.4) is 0 Å². The fourth-order valence-corrected chi connectivity index (χ4v) is 0.820. The normalized spacial score (nSPS) is 12.1. The van der Waals surface area contributed by atoms with Crippen LogP contribution in [0.5, 0.6) is 0 Å². The average molecular weight is 226 g/mol. The molecule has 4 nitrogen and oxygen atoms in total. The number of carbonyl (C=O) groups is 2. The van der Waals surface area contributed by atoms with Crippen molar-refractivity contribution < 1.29 is 22.8 Å². The van der Waals surface area contributed by atoms with Crippen LogP contribution in [0.1, 0.15) is 13.8 Å². The van der Waals surface area contributed by atoms with Gasteiger partial charge in [-0.1, -0.05) is 0 Å². The molecule has 0 atom stereocenters. The minimum Gasteiger partial charge on any atom is -0.359 e. The maximum absolute atomic E-state index is 11.8. The second-order valence-electron chi connectivity index (χ2n) is 3.64. The van der Waals surface area contributed by atoms with Gasteiger partial charge in [-0.2, -0.15) is 13.2 Å². The number of nitrogens with one attached hydrogen (secondary N) is 2. The lowest BCUT2D eigenvalue weighted by atomic mass is 9.92. The molecule has 0 radical (unpaired) electrons. The van der Waals surface area contributed by atoms with Gasteiger partial charge in [0.2, 0.25) is 5.91 Å². The summed E-state index contributed by atoms with van der Waals surface area (Å²) in [5.74, 6) is -2.48. The molecule has 7 heteroatoms. The third-order valence-corrected chi connectivity index (χ3v) is 1.79. The topological polar surface area (TPSA) is 58.2 Å². The van der Waals surface area contributed by atoms with Gasteiger partial charge < -0.3 is 10.6 Å². The Bertz CT molecular complexity index is 261. The van der Waals surface area contributed by atoms with Crippen LogP contribution in [0.4, 0.5) is 13.2 Å². The molecule has 15 heavy (non-hydrogen) atoms. The zero-order valence-corrected chi connectivity index (χ0v) is 8.66. The van der Waals surface area contributed by atoms with Crippen LogP contribution < -0.4 is 10.6 Å². The van der Waals surface area contributed by atoms with Crippen molar-refractivity contribution in [1.29, 1.82) is 0 Å². The van der Waals surface area contributed by atoms with Gasteiger partial charge in [0, 0.05) is 13.6 Å². The summed E-state index contributed by atoms with van der Waals surface area (Å²) in [5, 5.41) is 3.95. The number of alkyl halides is 3. The Labute approximate surface area is 85.2 Å². The van der Waals surface area contributed by atoms with Crippen LogP contribution in [-0.2, 0) is 9.59 Å². The number of amides is 2. The van der Waals surface area contributed by atoms with Gasteiger partial charge >= 0.3 is 12.1 Å². The minimum atomic E-state index is -4.92. The molecular formula is C8H13F3N2O2. The zero-order valence-electron chi connectivity index (χ0n) is 8.66. The third-order valence-electron chi connectivity index (χ3n) is 1.79. The van der Waals surface area contributed by atoms with E-state index in [1.807, 2.05) is 0 Å². The van der Waals surface area contributed by atoms with E-state index in [0.717, 1.165) is 0 Å². The Morgan fingerprint density at radius 2 is 1.60 bits per heavy atom. The molecule has 2 N–H and O–H groups in total. The summed E-state index contributed by atoms with van der Waals surface area (Å²) >= 11 is 0. The number of halogens is 3. The van der Waals surface area contributed by atoms with E-state index in [4.69, 9.17) is 0 Å². The smallest absolute Gasteiger partial charge is 0.359 e. The van der Waals surface area contributed by atoms with Crippen molar-refractivity contribution >= 4 is 11.8 Å². The van der Waals surface area contributed by atoms with Gasteiger partial charge in [-0.25, -0.2) is 0 Å². The molecule has 0 saturated heterocycles. The highest BCUT2D eigenvalue weighted by molar-refractivity contribution is 5.84. The van der Waals surface area contributed by atoms with Gasteiger partial charge in [-0.05, 0) is 13.8 Å². The van der Waals surface area contributed by atoms with E-state index in [1.165, 1.54) is 20.9 Å². The highest BCUT2D eigenvalue weighted by Gasteiger charge is 2.40. The first-order chi connectivity index (χ1) is 6.61. The van der Waals surface area contributed by atoms with E-state index in [1.54, 1.807) is 5.32 Å². The maximum Gasteiger partial charge on any atom is 0.471 e. The Morgan fingerprint density at radius 3 is 1.93 bits per heavy atom. The van der Waals surface area contributed by atoms with Crippen molar-refractivity contribution in [2.75, 3.05) is 13.6 Å². The molecule has 0 bridgehead atoms. The van der Waals surface area contributed by atoms with E-state index >= 15 is 0 Å². The molecule has 0 fully saturated rings. The van der Waals surface area contributed by atoms with E-state index < -0.39 is 23.4 Å². The lowest BCUT2D eigenvalue weighted by Crippen LogP contribution is -2.47. The lowest BCUT2D eigenvalue weighted by molar-refractivity contribution is -0.174. The highest BCUT2D eigenvalue weighted by Crippen LogP contribution is 2.17. The van der Waals surface area contributed by atoms with Gasteiger partial charge in [-0.3, -0.25) is 9.59 Å². The Morgan fingerprint density at radius 1 is 1.13 bits per heavy atom. The van der Waals surface area contributed by atoms with Crippen molar-refractivity contribution in [2.45, 2.75) is 20.0 Å². The van der Waals surface area contributed by atoms with Crippen molar-refractivity contribution in [3.63, 3.8) is 0 Å². The van der Waals surface area contributed by atoms with Crippen molar-refractivity contribution in [3.8, 4) is 0 Å². The first-order valence-corrected chi connectivity index (χ1v) is 4.18. The SMILES string of the molecule is CNC(=O)C(C)(C)CNC(=O)C(F)(F)F. The minimum absolute atomic E-state index is 0.370. The van der Waals surface area contributed by atoms with Gasteiger partial charge in [0.25, 0.3) is 0 Å². The quantitative estimate of drug-likeness (QED) is 0.733. The lowest BCUT2D eigenvalue weighted by Gasteiger charge is -2.23. The number of rotatable bonds is 3. The largest absolute Gasteiger partial charge is 0.471 e. The Hall–Kier alpha value is -1.27. The summed E-state index contributed by atoms with van der Waals surface area (Å²) < 4.78 is 35.4. The predicted molar refractivity (Wildman–Crippen MR) is 46.9 cm³/mol. The molecule has 0 aliphatic rings. The second kappa shape index (κ2) is 4.50. The molecule has 0 rings (SSSR count). The number of hydrogen-bond donors (Lipinski definition) is 2. The molecular weight excluding hydrogens is 213 g/mol. The van der Waals surface area contributed by atoms with Crippen LogP contribution in [0, 0.1) is 5.41 Å². The first-order valence-electron chi connectivity index (χ1n) is 4.18. The van der Waals surface area contributed by atoms with Crippen LogP contribution in [0.2, 0.25) is 0 Å².